The Morgan fingerprint density at radius 3 is 2.35 bits per heavy atom. The lowest BCUT2D eigenvalue weighted by molar-refractivity contribution is -0.152. The van der Waals surface area contributed by atoms with Crippen LogP contribution in [0.25, 0.3) is 0 Å². The predicted molar refractivity (Wildman–Crippen MR) is 140 cm³/mol. The topological polar surface area (TPSA) is 89.0 Å². The smallest absolute Gasteiger partial charge is 0.392 e. The first-order chi connectivity index (χ1) is 17.1. The minimum Gasteiger partial charge on any atom is -0.495 e. The Labute approximate surface area is 222 Å². The van der Waals surface area contributed by atoms with Crippen molar-refractivity contribution in [1.82, 2.24) is 10.6 Å². The van der Waals surface area contributed by atoms with Gasteiger partial charge in [-0.3, -0.25) is 9.79 Å². The predicted octanol–water partition coefficient (Wildman–Crippen LogP) is 6.34. The number of hydrogen-bond donors (Lipinski definition) is 2. The van der Waals surface area contributed by atoms with Crippen LogP contribution < -0.4 is 10.6 Å². The minimum absolute atomic E-state index is 0.0393. The Kier molecular flexibility index (Phi) is 13.8. The fourth-order valence-electron chi connectivity index (χ4n) is 3.51. The van der Waals surface area contributed by atoms with Crippen LogP contribution in [0.1, 0.15) is 73.1 Å². The average Bonchev–Trinajstić information content (AvgIpc) is 2.75. The van der Waals surface area contributed by atoms with E-state index in [1.807, 2.05) is 6.92 Å². The number of carbonyl (C=O) groups is 2. The molecule has 1 rings (SSSR count). The van der Waals surface area contributed by atoms with Gasteiger partial charge >= 0.3 is 18.2 Å². The summed E-state index contributed by atoms with van der Waals surface area (Å²) in [4.78, 5) is 27.8. The molecule has 210 valence electrons. The minimum atomic E-state index is -4.29. The summed E-state index contributed by atoms with van der Waals surface area (Å²) in [5.41, 5.74) is -0.489. The molecule has 1 fully saturated rings. The number of nitrogens with one attached hydrogen (secondary N) is 2. The zero-order valence-electron chi connectivity index (χ0n) is 22.2. The highest BCUT2D eigenvalue weighted by Gasteiger charge is 2.28. The quantitative estimate of drug-likeness (QED) is 0.103. The Hall–Kier alpha value is -2.49. The van der Waals surface area contributed by atoms with Crippen molar-refractivity contribution in [3.8, 4) is 0 Å². The number of hydrogen-bond acceptors (Lipinski definition) is 5. The number of urea groups is 1. The summed E-state index contributed by atoms with van der Waals surface area (Å²) in [6.45, 7) is 8.85. The first-order valence-corrected chi connectivity index (χ1v) is 12.7. The molecule has 0 unspecified atom stereocenters. The molecule has 2 amide bonds. The largest absolute Gasteiger partial charge is 0.495 e. The van der Waals surface area contributed by atoms with Crippen molar-refractivity contribution in [3.05, 3.63) is 34.6 Å². The summed E-state index contributed by atoms with van der Waals surface area (Å²) in [5, 5.41) is 5.73. The molecule has 0 radical (unpaired) electrons. The molecule has 0 aromatic carbocycles. The van der Waals surface area contributed by atoms with Gasteiger partial charge in [0.05, 0.1) is 18.3 Å². The Bertz CT molecular complexity index is 869. The number of alkyl halides is 3. The van der Waals surface area contributed by atoms with Crippen molar-refractivity contribution < 1.29 is 32.2 Å². The molecular weight excluding hydrogens is 511 g/mol. The Morgan fingerprint density at radius 1 is 1.11 bits per heavy atom. The number of nitrogens with zero attached hydrogens (tertiary/aromatic N) is 1. The molecule has 0 atom stereocenters. The molecule has 0 aromatic heterocycles. The van der Waals surface area contributed by atoms with Gasteiger partial charge in [-0.05, 0) is 84.4 Å². The highest BCUT2D eigenvalue weighted by molar-refractivity contribution is 6.31. The molecule has 0 bridgehead atoms. The van der Waals surface area contributed by atoms with Crippen LogP contribution in [0.3, 0.4) is 0 Å². The third-order valence-electron chi connectivity index (χ3n) is 5.15. The summed E-state index contributed by atoms with van der Waals surface area (Å²) in [5.74, 6) is 0.303. The second-order valence-electron chi connectivity index (χ2n) is 9.96. The third-order valence-corrected chi connectivity index (χ3v) is 5.60. The summed E-state index contributed by atoms with van der Waals surface area (Å²) >= 11 is 5.87. The third kappa shape index (κ3) is 16.8. The van der Waals surface area contributed by atoms with Crippen molar-refractivity contribution in [3.63, 3.8) is 0 Å². The number of halogens is 4. The van der Waals surface area contributed by atoms with Gasteiger partial charge in [0.25, 0.3) is 0 Å². The van der Waals surface area contributed by atoms with E-state index in [-0.39, 0.29) is 35.3 Å². The van der Waals surface area contributed by atoms with Gasteiger partial charge in [-0.2, -0.15) is 13.2 Å². The molecule has 0 spiro atoms. The monoisotopic (exact) mass is 549 g/mol. The fraction of sp³-hybridized carbons (Fsp3) is 0.654. The van der Waals surface area contributed by atoms with Crippen LogP contribution in [0, 0.1) is 0 Å². The van der Waals surface area contributed by atoms with Crippen LogP contribution in [0.5, 0.6) is 0 Å². The van der Waals surface area contributed by atoms with Crippen molar-refractivity contribution in [2.45, 2.75) is 97.1 Å². The van der Waals surface area contributed by atoms with Crippen LogP contribution in [-0.4, -0.2) is 55.2 Å². The number of ether oxygens (including phenoxy) is 2. The van der Waals surface area contributed by atoms with E-state index in [4.69, 9.17) is 21.1 Å². The van der Waals surface area contributed by atoms with E-state index in [9.17, 15) is 22.8 Å². The molecular formula is C26H39ClF3N3O4. The number of aliphatic imine (C=N–C) groups is 1. The van der Waals surface area contributed by atoms with Crippen LogP contribution in [-0.2, 0) is 14.3 Å². The highest BCUT2D eigenvalue weighted by Crippen LogP contribution is 2.27. The summed E-state index contributed by atoms with van der Waals surface area (Å²) in [6.07, 6.45) is 4.55. The summed E-state index contributed by atoms with van der Waals surface area (Å²) < 4.78 is 48.3. The van der Waals surface area contributed by atoms with E-state index in [0.717, 1.165) is 25.7 Å². The second-order valence-corrected chi connectivity index (χ2v) is 10.4. The molecule has 1 aliphatic carbocycles. The first-order valence-electron chi connectivity index (χ1n) is 12.3. The number of carbonyl (C=O) groups excluding carboxylic acids is 2. The Balaban J connectivity index is 2.26. The van der Waals surface area contributed by atoms with Crippen molar-refractivity contribution in [2.75, 3.05) is 13.1 Å². The van der Waals surface area contributed by atoms with E-state index in [0.29, 0.717) is 18.7 Å². The number of esters is 1. The Morgan fingerprint density at radius 2 is 1.76 bits per heavy atom. The molecule has 37 heavy (non-hydrogen) atoms. The molecule has 0 saturated heterocycles. The van der Waals surface area contributed by atoms with E-state index in [2.05, 4.69) is 15.6 Å². The van der Waals surface area contributed by atoms with Gasteiger partial charge in [-0.1, -0.05) is 17.7 Å². The van der Waals surface area contributed by atoms with Gasteiger partial charge in [0.1, 0.15) is 12.1 Å². The van der Waals surface area contributed by atoms with Crippen LogP contribution in [0.4, 0.5) is 18.0 Å². The lowest BCUT2D eigenvalue weighted by Crippen LogP contribution is -2.44. The number of allylic oxidation sites excluding steroid dienone is 5. The van der Waals surface area contributed by atoms with E-state index in [1.165, 1.54) is 19.2 Å². The normalized spacial score (nSPS) is 20.1. The molecule has 7 nitrogen and oxygen atoms in total. The maximum absolute atomic E-state index is 12.4. The van der Waals surface area contributed by atoms with Crippen LogP contribution in [0.2, 0.25) is 0 Å². The van der Waals surface area contributed by atoms with Crippen molar-refractivity contribution in [1.29, 1.82) is 0 Å². The number of amides is 2. The lowest BCUT2D eigenvalue weighted by atomic mass is 9.93. The summed E-state index contributed by atoms with van der Waals surface area (Å²) in [6, 6.07) is -0.248. The molecule has 1 aliphatic rings. The molecule has 0 heterocycles. The molecule has 2 N–H and O–H groups in total. The zero-order valence-corrected chi connectivity index (χ0v) is 23.0. The SMILES string of the molecule is C/C(CC(F)(F)F)=C(Cl)\C=C/CCNC(=O)NC1CCC(O/C(C)=C/C=N\CC(=O)OC(C)(C)C)CC1. The second kappa shape index (κ2) is 15.7. The maximum atomic E-state index is 12.4. The highest BCUT2D eigenvalue weighted by atomic mass is 35.5. The zero-order chi connectivity index (χ0) is 28.1. The fourth-order valence-corrected chi connectivity index (χ4v) is 3.66. The van der Waals surface area contributed by atoms with Gasteiger partial charge in [0.15, 0.2) is 0 Å². The molecule has 11 heteroatoms. The van der Waals surface area contributed by atoms with E-state index in [1.54, 1.807) is 32.9 Å². The van der Waals surface area contributed by atoms with Gasteiger partial charge in [-0.25, -0.2) is 4.79 Å². The van der Waals surface area contributed by atoms with E-state index >= 15 is 0 Å². The van der Waals surface area contributed by atoms with Crippen LogP contribution in [0.15, 0.2) is 39.6 Å². The lowest BCUT2D eigenvalue weighted by Gasteiger charge is -2.29. The van der Waals surface area contributed by atoms with Gasteiger partial charge in [0.2, 0.25) is 0 Å². The standard InChI is InChI=1S/C26H39ClF3N3O4/c1-18(16-26(28,29)30)22(27)8-6-7-14-32-24(35)33-20-9-11-21(12-10-20)36-19(2)13-15-31-17-23(34)37-25(3,4)5/h6,8,13,15,20-21H,7,9-12,14,16-17H2,1-5H3,(H2,32,33,35)/b8-6-,19-13+,22-18-,31-15-. The first kappa shape index (κ1) is 32.5. The molecule has 0 aliphatic heterocycles. The maximum Gasteiger partial charge on any atom is 0.392 e. The summed E-state index contributed by atoms with van der Waals surface area (Å²) in [7, 11) is 0. The molecule has 1 saturated carbocycles. The van der Waals surface area contributed by atoms with Gasteiger partial charge < -0.3 is 20.1 Å². The molecule has 0 aromatic rings. The van der Waals surface area contributed by atoms with Crippen molar-refractivity contribution in [2.24, 2.45) is 4.99 Å². The van der Waals surface area contributed by atoms with E-state index < -0.39 is 24.2 Å². The number of rotatable bonds is 11. The van der Waals surface area contributed by atoms with Gasteiger partial charge in [-0.15, -0.1) is 0 Å². The van der Waals surface area contributed by atoms with Crippen molar-refractivity contribution >= 4 is 29.8 Å². The van der Waals surface area contributed by atoms with Crippen LogP contribution >= 0.6 is 11.6 Å². The average molecular weight is 550 g/mol. The van der Waals surface area contributed by atoms with Gasteiger partial charge in [0, 0.05) is 23.8 Å².